The van der Waals surface area contributed by atoms with Crippen molar-refractivity contribution in [3.8, 4) is 0 Å². The van der Waals surface area contributed by atoms with Crippen molar-refractivity contribution in [2.24, 2.45) is 11.8 Å². The molecule has 0 aromatic carbocycles. The number of unbranched alkanes of at least 4 members (excludes halogenated alkanes) is 12. The van der Waals surface area contributed by atoms with Gasteiger partial charge < -0.3 is 23.7 Å². The second kappa shape index (κ2) is 31.3. The Bertz CT molecular complexity index is 663. The van der Waals surface area contributed by atoms with Crippen molar-refractivity contribution in [2.75, 3.05) is 33.5 Å². The van der Waals surface area contributed by atoms with Gasteiger partial charge in [-0.1, -0.05) is 105 Å². The third-order valence-electron chi connectivity index (χ3n) is 7.79. The Balaban J connectivity index is 4.56. The first kappa shape index (κ1) is 42.3. The molecule has 0 bridgehead atoms. The summed E-state index contributed by atoms with van der Waals surface area (Å²) in [7, 11) is 1.38. The molecule has 0 N–H and O–H groups in total. The topological polar surface area (TPSA) is 97.4 Å². The van der Waals surface area contributed by atoms with Crippen molar-refractivity contribution < 1.29 is 38.1 Å². The minimum absolute atomic E-state index is 0.0339. The molecule has 0 aliphatic rings. The first-order valence-corrected chi connectivity index (χ1v) is 17.9. The molecular weight excluding hydrogens is 560 g/mol. The lowest BCUT2D eigenvalue weighted by molar-refractivity contribution is -0.161. The van der Waals surface area contributed by atoms with E-state index in [0.29, 0.717) is 51.2 Å². The number of hydrogen-bond acceptors (Lipinski definition) is 8. The van der Waals surface area contributed by atoms with Crippen molar-refractivity contribution >= 4 is 17.9 Å². The first-order valence-electron chi connectivity index (χ1n) is 17.9. The van der Waals surface area contributed by atoms with E-state index in [2.05, 4.69) is 32.4 Å². The van der Waals surface area contributed by atoms with Crippen molar-refractivity contribution in [3.63, 3.8) is 0 Å². The molecule has 0 heterocycles. The molecule has 44 heavy (non-hydrogen) atoms. The van der Waals surface area contributed by atoms with Crippen molar-refractivity contribution in [2.45, 2.75) is 169 Å². The molecule has 1 atom stereocenters. The van der Waals surface area contributed by atoms with Crippen LogP contribution in [-0.4, -0.2) is 57.7 Å². The fourth-order valence-corrected chi connectivity index (χ4v) is 4.81. The Morgan fingerprint density at radius 3 is 1.48 bits per heavy atom. The van der Waals surface area contributed by atoms with Crippen LogP contribution in [0.2, 0.25) is 0 Å². The summed E-state index contributed by atoms with van der Waals surface area (Å²) in [5.41, 5.74) is 0. The highest BCUT2D eigenvalue weighted by Gasteiger charge is 2.18. The molecule has 0 saturated carbocycles. The van der Waals surface area contributed by atoms with Gasteiger partial charge in [-0.15, -0.1) is 0 Å². The van der Waals surface area contributed by atoms with Gasteiger partial charge in [-0.25, -0.2) is 0 Å². The van der Waals surface area contributed by atoms with Crippen LogP contribution in [0.1, 0.15) is 163 Å². The normalized spacial score (nSPS) is 12.1. The molecule has 0 fully saturated rings. The standard InChI is InChI=1S/C36H68O8/c1-6-8-10-12-14-19-27-41-36(42-28-20-15-13-11-9-7-2)26-25-35(39)44-30-32(24-23-31(3)4)29-43-34(38)22-18-16-17-21-33(37)40-5/h31-32,36H,6-30H2,1-5H3. The molecule has 260 valence electrons. The van der Waals surface area contributed by atoms with E-state index in [4.69, 9.17) is 18.9 Å². The number of esters is 3. The summed E-state index contributed by atoms with van der Waals surface area (Å²) in [5.74, 6) is -0.281. The Kier molecular flexibility index (Phi) is 30.1. The highest BCUT2D eigenvalue weighted by molar-refractivity contribution is 5.70. The van der Waals surface area contributed by atoms with Gasteiger partial charge in [0, 0.05) is 38.4 Å². The summed E-state index contributed by atoms with van der Waals surface area (Å²) in [4.78, 5) is 36.1. The zero-order chi connectivity index (χ0) is 32.7. The van der Waals surface area contributed by atoms with E-state index >= 15 is 0 Å². The number of carbonyl (C=O) groups is 3. The highest BCUT2D eigenvalue weighted by atomic mass is 16.7. The average molecular weight is 629 g/mol. The van der Waals surface area contributed by atoms with Crippen LogP contribution in [0, 0.1) is 11.8 Å². The van der Waals surface area contributed by atoms with Crippen molar-refractivity contribution in [1.82, 2.24) is 0 Å². The molecule has 8 heteroatoms. The minimum Gasteiger partial charge on any atom is -0.469 e. The lowest BCUT2D eigenvalue weighted by Gasteiger charge is -2.20. The maximum absolute atomic E-state index is 12.7. The van der Waals surface area contributed by atoms with Crippen LogP contribution < -0.4 is 0 Å². The van der Waals surface area contributed by atoms with Crippen molar-refractivity contribution in [1.29, 1.82) is 0 Å². The maximum Gasteiger partial charge on any atom is 0.305 e. The zero-order valence-corrected chi connectivity index (χ0v) is 29.2. The quantitative estimate of drug-likeness (QED) is 0.0315. The minimum atomic E-state index is -0.390. The molecule has 0 aliphatic heterocycles. The largest absolute Gasteiger partial charge is 0.469 e. The predicted molar refractivity (Wildman–Crippen MR) is 176 cm³/mol. The van der Waals surface area contributed by atoms with Crippen LogP contribution in [0.3, 0.4) is 0 Å². The zero-order valence-electron chi connectivity index (χ0n) is 29.2. The third kappa shape index (κ3) is 29.1. The summed E-state index contributed by atoms with van der Waals surface area (Å²) in [6.45, 7) is 10.5. The Labute approximate surface area is 270 Å². The number of ether oxygens (including phenoxy) is 5. The van der Waals surface area contributed by atoms with Crippen LogP contribution in [0.4, 0.5) is 0 Å². The van der Waals surface area contributed by atoms with Crippen LogP contribution >= 0.6 is 0 Å². The fourth-order valence-electron chi connectivity index (χ4n) is 4.81. The van der Waals surface area contributed by atoms with Gasteiger partial charge in [-0.05, 0) is 38.0 Å². The Hall–Kier alpha value is -1.67. The van der Waals surface area contributed by atoms with E-state index in [1.165, 1.54) is 58.5 Å². The molecule has 0 aromatic heterocycles. The summed E-state index contributed by atoms with van der Waals surface area (Å²) < 4.78 is 27.9. The molecule has 8 nitrogen and oxygen atoms in total. The fraction of sp³-hybridized carbons (Fsp3) is 0.917. The monoisotopic (exact) mass is 628 g/mol. The number of rotatable bonds is 32. The lowest BCUT2D eigenvalue weighted by Crippen LogP contribution is -2.23. The Morgan fingerprint density at radius 2 is 0.977 bits per heavy atom. The molecule has 1 unspecified atom stereocenters. The second-order valence-corrected chi connectivity index (χ2v) is 12.6. The van der Waals surface area contributed by atoms with Gasteiger partial charge >= 0.3 is 17.9 Å². The van der Waals surface area contributed by atoms with E-state index in [0.717, 1.165) is 44.9 Å². The maximum atomic E-state index is 12.7. The van der Waals surface area contributed by atoms with Gasteiger partial charge in [-0.3, -0.25) is 14.4 Å². The summed E-state index contributed by atoms with van der Waals surface area (Å²) in [6.07, 6.45) is 19.3. The number of carbonyl (C=O) groups excluding carboxylic acids is 3. The summed E-state index contributed by atoms with van der Waals surface area (Å²) in [5, 5.41) is 0. The van der Waals surface area contributed by atoms with Crippen LogP contribution in [0.15, 0.2) is 0 Å². The molecule has 0 amide bonds. The van der Waals surface area contributed by atoms with Crippen LogP contribution in [-0.2, 0) is 38.1 Å². The molecule has 0 aliphatic carbocycles. The smallest absolute Gasteiger partial charge is 0.305 e. The average Bonchev–Trinajstić information content (AvgIpc) is 3.01. The van der Waals surface area contributed by atoms with Gasteiger partial charge in [0.1, 0.15) is 0 Å². The molecule has 0 rings (SSSR count). The van der Waals surface area contributed by atoms with E-state index in [1.807, 2.05) is 0 Å². The molecular formula is C36H68O8. The lowest BCUT2D eigenvalue weighted by atomic mass is 9.99. The highest BCUT2D eigenvalue weighted by Crippen LogP contribution is 2.16. The molecule has 0 saturated heterocycles. The molecule has 0 radical (unpaired) electrons. The van der Waals surface area contributed by atoms with Crippen LogP contribution in [0.25, 0.3) is 0 Å². The second-order valence-electron chi connectivity index (χ2n) is 12.6. The van der Waals surface area contributed by atoms with E-state index in [1.54, 1.807) is 0 Å². The van der Waals surface area contributed by atoms with E-state index in [9.17, 15) is 14.4 Å². The Morgan fingerprint density at radius 1 is 0.523 bits per heavy atom. The SMILES string of the molecule is CCCCCCCCOC(CCC(=O)OCC(CCC(C)C)COC(=O)CCCCCC(=O)OC)OCCCCCCCC. The van der Waals surface area contributed by atoms with Crippen molar-refractivity contribution in [3.05, 3.63) is 0 Å². The summed E-state index contributed by atoms with van der Waals surface area (Å²) >= 11 is 0. The van der Waals surface area contributed by atoms with Crippen LogP contribution in [0.5, 0.6) is 0 Å². The van der Waals surface area contributed by atoms with Gasteiger partial charge in [0.25, 0.3) is 0 Å². The molecule has 0 spiro atoms. The van der Waals surface area contributed by atoms with Gasteiger partial charge in [0.15, 0.2) is 6.29 Å². The number of hydrogen-bond donors (Lipinski definition) is 0. The number of methoxy groups -OCH3 is 1. The first-order chi connectivity index (χ1) is 21.3. The molecule has 0 aromatic rings. The van der Waals surface area contributed by atoms with E-state index in [-0.39, 0.29) is 49.8 Å². The summed E-state index contributed by atoms with van der Waals surface area (Å²) in [6, 6.07) is 0. The third-order valence-corrected chi connectivity index (χ3v) is 7.79. The van der Waals surface area contributed by atoms with Gasteiger partial charge in [-0.2, -0.15) is 0 Å². The van der Waals surface area contributed by atoms with Gasteiger partial charge in [0.05, 0.1) is 26.7 Å². The van der Waals surface area contributed by atoms with Gasteiger partial charge in [0.2, 0.25) is 0 Å². The van der Waals surface area contributed by atoms with E-state index < -0.39 is 0 Å². The predicted octanol–water partition coefficient (Wildman–Crippen LogP) is 9.11.